The van der Waals surface area contributed by atoms with Crippen LogP contribution in [0.2, 0.25) is 0 Å². The molecule has 0 radical (unpaired) electrons. The molecular formula is C15H19N3O. The van der Waals surface area contributed by atoms with Crippen LogP contribution in [0.25, 0.3) is 0 Å². The van der Waals surface area contributed by atoms with Crippen LogP contribution in [0.4, 0.5) is 5.69 Å². The molecule has 0 fully saturated rings. The normalized spacial score (nSPS) is 10.5. The van der Waals surface area contributed by atoms with E-state index in [1.807, 2.05) is 61.9 Å². The molecule has 0 aliphatic carbocycles. The fraction of sp³-hybridized carbons (Fsp3) is 0.333. The second kappa shape index (κ2) is 5.69. The molecular weight excluding hydrogens is 238 g/mol. The monoisotopic (exact) mass is 257 g/mol. The second-order valence-electron chi connectivity index (χ2n) is 4.37. The molecule has 0 spiro atoms. The number of benzene rings is 1. The number of aromatic nitrogens is 2. The molecule has 1 aromatic carbocycles. The van der Waals surface area contributed by atoms with Crippen molar-refractivity contribution in [3.63, 3.8) is 0 Å². The number of nitrogens with zero attached hydrogens (tertiary/aromatic N) is 3. The summed E-state index contributed by atoms with van der Waals surface area (Å²) in [6.45, 7) is 7.35. The minimum atomic E-state index is -0.0519. The Labute approximate surface area is 113 Å². The Bertz CT molecular complexity index is 560. The minimum absolute atomic E-state index is 0.0519. The van der Waals surface area contributed by atoms with E-state index in [4.69, 9.17) is 0 Å². The van der Waals surface area contributed by atoms with Crippen molar-refractivity contribution >= 4 is 11.6 Å². The predicted molar refractivity (Wildman–Crippen MR) is 76.4 cm³/mol. The van der Waals surface area contributed by atoms with E-state index in [-0.39, 0.29) is 5.91 Å². The summed E-state index contributed by atoms with van der Waals surface area (Å²) in [5.74, 6) is -0.0519. The van der Waals surface area contributed by atoms with Crippen molar-refractivity contribution < 1.29 is 4.79 Å². The summed E-state index contributed by atoms with van der Waals surface area (Å²) in [7, 11) is 0. The molecule has 2 aromatic rings. The highest BCUT2D eigenvalue weighted by atomic mass is 16.2. The van der Waals surface area contributed by atoms with Crippen LogP contribution in [0, 0.1) is 6.92 Å². The smallest absolute Gasteiger partial charge is 0.278 e. The van der Waals surface area contributed by atoms with E-state index in [2.05, 4.69) is 5.10 Å². The summed E-state index contributed by atoms with van der Waals surface area (Å²) in [6.07, 6.45) is 0. The first-order chi connectivity index (χ1) is 9.17. The number of hydrogen-bond donors (Lipinski definition) is 0. The van der Waals surface area contributed by atoms with E-state index in [0.29, 0.717) is 12.2 Å². The molecule has 2 rings (SSSR count). The molecule has 1 aromatic heterocycles. The van der Waals surface area contributed by atoms with Crippen molar-refractivity contribution in [1.29, 1.82) is 0 Å². The Hall–Kier alpha value is -2.10. The van der Waals surface area contributed by atoms with Crippen LogP contribution in [0.15, 0.2) is 36.4 Å². The van der Waals surface area contributed by atoms with Gasteiger partial charge in [0.2, 0.25) is 0 Å². The maximum atomic E-state index is 12.5. The van der Waals surface area contributed by atoms with Crippen LogP contribution in [0.5, 0.6) is 0 Å². The molecule has 0 aliphatic heterocycles. The number of para-hydroxylation sites is 1. The SMILES string of the molecule is CCN(C(=O)c1cc(C)n(CC)n1)c1ccccc1. The lowest BCUT2D eigenvalue weighted by atomic mass is 10.2. The Morgan fingerprint density at radius 2 is 1.95 bits per heavy atom. The third-order valence-corrected chi connectivity index (χ3v) is 3.13. The van der Waals surface area contributed by atoms with Crippen LogP contribution in [-0.2, 0) is 6.54 Å². The van der Waals surface area contributed by atoms with Gasteiger partial charge in [0, 0.05) is 24.5 Å². The zero-order chi connectivity index (χ0) is 13.8. The van der Waals surface area contributed by atoms with E-state index >= 15 is 0 Å². The van der Waals surface area contributed by atoms with Gasteiger partial charge in [0.1, 0.15) is 0 Å². The lowest BCUT2D eigenvalue weighted by molar-refractivity contribution is 0.0982. The van der Waals surface area contributed by atoms with Gasteiger partial charge in [0.15, 0.2) is 5.69 Å². The first-order valence-corrected chi connectivity index (χ1v) is 6.58. The van der Waals surface area contributed by atoms with Gasteiger partial charge in [-0.05, 0) is 39.0 Å². The van der Waals surface area contributed by atoms with Crippen LogP contribution in [-0.4, -0.2) is 22.2 Å². The molecule has 0 saturated heterocycles. The molecule has 100 valence electrons. The molecule has 4 heteroatoms. The molecule has 0 N–H and O–H groups in total. The highest BCUT2D eigenvalue weighted by molar-refractivity contribution is 6.04. The minimum Gasteiger partial charge on any atom is -0.307 e. The summed E-state index contributed by atoms with van der Waals surface area (Å²) in [4.78, 5) is 14.2. The maximum Gasteiger partial charge on any atom is 0.278 e. The van der Waals surface area contributed by atoms with E-state index in [9.17, 15) is 4.79 Å². The summed E-state index contributed by atoms with van der Waals surface area (Å²) >= 11 is 0. The van der Waals surface area contributed by atoms with Crippen LogP contribution < -0.4 is 4.90 Å². The Balaban J connectivity index is 2.30. The van der Waals surface area contributed by atoms with Gasteiger partial charge in [-0.1, -0.05) is 18.2 Å². The summed E-state index contributed by atoms with van der Waals surface area (Å²) < 4.78 is 1.84. The van der Waals surface area contributed by atoms with Crippen LogP contribution >= 0.6 is 0 Å². The molecule has 0 atom stereocenters. The van der Waals surface area contributed by atoms with E-state index in [0.717, 1.165) is 17.9 Å². The van der Waals surface area contributed by atoms with Gasteiger partial charge in [-0.2, -0.15) is 5.10 Å². The largest absolute Gasteiger partial charge is 0.307 e. The number of rotatable bonds is 4. The standard InChI is InChI=1S/C15H19N3O/c1-4-17(13-9-7-6-8-10-13)15(19)14-11-12(3)18(5-2)16-14/h6-11H,4-5H2,1-3H3. The molecule has 0 unspecified atom stereocenters. The topological polar surface area (TPSA) is 38.1 Å². The van der Waals surface area contributed by atoms with E-state index in [1.54, 1.807) is 4.90 Å². The quantitative estimate of drug-likeness (QED) is 0.844. The average Bonchev–Trinajstić information content (AvgIpc) is 2.82. The second-order valence-corrected chi connectivity index (χ2v) is 4.37. The molecule has 1 amide bonds. The Morgan fingerprint density at radius 3 is 2.47 bits per heavy atom. The maximum absolute atomic E-state index is 12.5. The molecule has 0 aliphatic rings. The number of hydrogen-bond acceptors (Lipinski definition) is 2. The predicted octanol–water partition coefficient (Wildman–Crippen LogP) is 2.88. The first kappa shape index (κ1) is 13.3. The number of anilines is 1. The van der Waals surface area contributed by atoms with Crippen molar-refractivity contribution in [1.82, 2.24) is 9.78 Å². The average molecular weight is 257 g/mol. The van der Waals surface area contributed by atoms with Gasteiger partial charge in [-0.25, -0.2) is 0 Å². The summed E-state index contributed by atoms with van der Waals surface area (Å²) in [5.41, 5.74) is 2.42. The first-order valence-electron chi connectivity index (χ1n) is 6.58. The Kier molecular flexibility index (Phi) is 4.00. The van der Waals surface area contributed by atoms with Crippen LogP contribution in [0.1, 0.15) is 30.0 Å². The lowest BCUT2D eigenvalue weighted by Crippen LogP contribution is -2.31. The third-order valence-electron chi connectivity index (χ3n) is 3.13. The molecule has 19 heavy (non-hydrogen) atoms. The van der Waals surface area contributed by atoms with Gasteiger partial charge >= 0.3 is 0 Å². The zero-order valence-electron chi connectivity index (χ0n) is 11.6. The van der Waals surface area contributed by atoms with Crippen molar-refractivity contribution in [2.24, 2.45) is 0 Å². The molecule has 4 nitrogen and oxygen atoms in total. The van der Waals surface area contributed by atoms with Crippen molar-refractivity contribution in [3.8, 4) is 0 Å². The number of amides is 1. The number of carbonyl (C=O) groups is 1. The zero-order valence-corrected chi connectivity index (χ0v) is 11.6. The van der Waals surface area contributed by atoms with Gasteiger partial charge in [0.05, 0.1) is 0 Å². The van der Waals surface area contributed by atoms with Gasteiger partial charge in [-0.3, -0.25) is 9.48 Å². The third kappa shape index (κ3) is 2.67. The highest BCUT2D eigenvalue weighted by Gasteiger charge is 2.19. The molecule has 0 saturated carbocycles. The number of aryl methyl sites for hydroxylation is 2. The fourth-order valence-corrected chi connectivity index (χ4v) is 2.12. The molecule has 1 heterocycles. The fourth-order valence-electron chi connectivity index (χ4n) is 2.12. The Morgan fingerprint density at radius 1 is 1.26 bits per heavy atom. The summed E-state index contributed by atoms with van der Waals surface area (Å²) in [5, 5.41) is 4.35. The van der Waals surface area contributed by atoms with E-state index in [1.165, 1.54) is 0 Å². The van der Waals surface area contributed by atoms with Crippen molar-refractivity contribution in [2.75, 3.05) is 11.4 Å². The van der Waals surface area contributed by atoms with Crippen molar-refractivity contribution in [2.45, 2.75) is 27.3 Å². The van der Waals surface area contributed by atoms with Gasteiger partial charge in [0.25, 0.3) is 5.91 Å². The lowest BCUT2D eigenvalue weighted by Gasteiger charge is -2.19. The van der Waals surface area contributed by atoms with E-state index < -0.39 is 0 Å². The number of carbonyl (C=O) groups excluding carboxylic acids is 1. The summed E-state index contributed by atoms with van der Waals surface area (Å²) in [6, 6.07) is 11.5. The van der Waals surface area contributed by atoms with Crippen molar-refractivity contribution in [3.05, 3.63) is 47.8 Å². The molecule has 0 bridgehead atoms. The highest BCUT2D eigenvalue weighted by Crippen LogP contribution is 2.16. The van der Waals surface area contributed by atoms with Gasteiger partial charge in [-0.15, -0.1) is 0 Å². The van der Waals surface area contributed by atoms with Gasteiger partial charge < -0.3 is 4.90 Å². The van der Waals surface area contributed by atoms with Crippen LogP contribution in [0.3, 0.4) is 0 Å².